The molecule has 0 saturated heterocycles. The number of carbonyl (C=O) groups excluding carboxylic acids is 1. The van der Waals surface area contributed by atoms with E-state index in [0.29, 0.717) is 5.69 Å². The SMILES string of the molecule is O=C(Cc1[nH]nc2ccccc12)Nc1cc(C(=O)O)ccc1F. The summed E-state index contributed by atoms with van der Waals surface area (Å²) in [4.78, 5) is 23.0. The topological polar surface area (TPSA) is 95.1 Å². The summed E-state index contributed by atoms with van der Waals surface area (Å²) in [6.07, 6.45) is -0.0305. The van der Waals surface area contributed by atoms with Gasteiger partial charge in [-0.15, -0.1) is 0 Å². The van der Waals surface area contributed by atoms with Crippen molar-refractivity contribution in [3.05, 3.63) is 59.5 Å². The zero-order valence-electron chi connectivity index (χ0n) is 11.8. The third-order valence-electron chi connectivity index (χ3n) is 3.37. The number of aromatic amines is 1. The van der Waals surface area contributed by atoms with E-state index in [2.05, 4.69) is 15.5 Å². The molecule has 3 rings (SSSR count). The lowest BCUT2D eigenvalue weighted by molar-refractivity contribution is -0.115. The maximum Gasteiger partial charge on any atom is 0.335 e. The second-order valence-electron chi connectivity index (χ2n) is 4.94. The van der Waals surface area contributed by atoms with Crippen molar-refractivity contribution < 1.29 is 19.1 Å². The second-order valence-corrected chi connectivity index (χ2v) is 4.94. The molecule has 0 bridgehead atoms. The normalized spacial score (nSPS) is 10.7. The molecule has 3 N–H and O–H groups in total. The number of nitrogens with zero attached hydrogens (tertiary/aromatic N) is 1. The van der Waals surface area contributed by atoms with Crippen molar-refractivity contribution >= 4 is 28.5 Å². The summed E-state index contributed by atoms with van der Waals surface area (Å²) in [6, 6.07) is 10.5. The Balaban J connectivity index is 1.80. The Labute approximate surface area is 129 Å². The number of aromatic nitrogens is 2. The maximum absolute atomic E-state index is 13.7. The fourth-order valence-corrected chi connectivity index (χ4v) is 2.26. The molecule has 3 aromatic rings. The number of carboxylic acids is 1. The van der Waals surface area contributed by atoms with E-state index in [1.807, 2.05) is 24.3 Å². The highest BCUT2D eigenvalue weighted by atomic mass is 19.1. The molecule has 6 nitrogen and oxygen atoms in total. The lowest BCUT2D eigenvalue weighted by atomic mass is 10.1. The number of benzene rings is 2. The highest BCUT2D eigenvalue weighted by Crippen LogP contribution is 2.19. The van der Waals surface area contributed by atoms with Crippen LogP contribution in [0.4, 0.5) is 10.1 Å². The number of carbonyl (C=O) groups is 2. The molecule has 23 heavy (non-hydrogen) atoms. The minimum atomic E-state index is -1.19. The molecule has 0 saturated carbocycles. The van der Waals surface area contributed by atoms with E-state index in [1.165, 1.54) is 0 Å². The first-order chi connectivity index (χ1) is 11.0. The molecule has 0 aliphatic heterocycles. The highest BCUT2D eigenvalue weighted by Gasteiger charge is 2.13. The number of amides is 1. The molecular formula is C16H12FN3O3. The zero-order chi connectivity index (χ0) is 16.4. The van der Waals surface area contributed by atoms with E-state index in [-0.39, 0.29) is 17.7 Å². The molecule has 0 aliphatic rings. The van der Waals surface area contributed by atoms with Crippen LogP contribution in [0.15, 0.2) is 42.5 Å². The summed E-state index contributed by atoms with van der Waals surface area (Å²) in [6.45, 7) is 0. The molecule has 7 heteroatoms. The van der Waals surface area contributed by atoms with E-state index in [4.69, 9.17) is 5.11 Å². The average Bonchev–Trinajstić information content (AvgIpc) is 2.92. The van der Waals surface area contributed by atoms with E-state index in [1.54, 1.807) is 0 Å². The number of hydrogen-bond donors (Lipinski definition) is 3. The Kier molecular flexibility index (Phi) is 3.76. The van der Waals surface area contributed by atoms with Gasteiger partial charge in [0, 0.05) is 5.39 Å². The number of hydrogen-bond acceptors (Lipinski definition) is 3. The minimum absolute atomic E-state index is 0.0305. The van der Waals surface area contributed by atoms with Crippen molar-refractivity contribution in [2.75, 3.05) is 5.32 Å². The van der Waals surface area contributed by atoms with Crippen LogP contribution in [0.2, 0.25) is 0 Å². The van der Waals surface area contributed by atoms with Crippen LogP contribution < -0.4 is 5.32 Å². The molecule has 1 amide bonds. The van der Waals surface area contributed by atoms with Gasteiger partial charge in [0.25, 0.3) is 0 Å². The third kappa shape index (κ3) is 3.03. The number of fused-ring (bicyclic) bond motifs is 1. The van der Waals surface area contributed by atoms with Crippen LogP contribution in [0.25, 0.3) is 10.9 Å². The number of anilines is 1. The van der Waals surface area contributed by atoms with Crippen LogP contribution in [0.5, 0.6) is 0 Å². The molecule has 0 spiro atoms. The van der Waals surface area contributed by atoms with Crippen LogP contribution in [-0.2, 0) is 11.2 Å². The molecule has 0 fully saturated rings. The maximum atomic E-state index is 13.7. The van der Waals surface area contributed by atoms with Crippen LogP contribution >= 0.6 is 0 Å². The third-order valence-corrected chi connectivity index (χ3v) is 3.37. The van der Waals surface area contributed by atoms with E-state index >= 15 is 0 Å². The van der Waals surface area contributed by atoms with Gasteiger partial charge < -0.3 is 10.4 Å². The lowest BCUT2D eigenvalue weighted by Gasteiger charge is -2.07. The van der Waals surface area contributed by atoms with Crippen molar-refractivity contribution in [1.29, 1.82) is 0 Å². The number of nitrogens with one attached hydrogen (secondary N) is 2. The number of carboxylic acid groups (broad SMARTS) is 1. The largest absolute Gasteiger partial charge is 0.478 e. The van der Waals surface area contributed by atoms with Crippen LogP contribution in [-0.4, -0.2) is 27.2 Å². The fraction of sp³-hybridized carbons (Fsp3) is 0.0625. The van der Waals surface area contributed by atoms with Gasteiger partial charge in [0.15, 0.2) is 0 Å². The Morgan fingerprint density at radius 3 is 2.78 bits per heavy atom. The van der Waals surface area contributed by atoms with Gasteiger partial charge in [0.05, 0.1) is 28.9 Å². The van der Waals surface area contributed by atoms with Crippen molar-refractivity contribution in [2.45, 2.75) is 6.42 Å². The molecule has 0 aliphatic carbocycles. The van der Waals surface area contributed by atoms with Gasteiger partial charge in [-0.05, 0) is 24.3 Å². The minimum Gasteiger partial charge on any atom is -0.478 e. The summed E-state index contributed by atoms with van der Waals surface area (Å²) in [5.74, 6) is -2.36. The van der Waals surface area contributed by atoms with E-state index in [0.717, 1.165) is 29.1 Å². The summed E-state index contributed by atoms with van der Waals surface area (Å²) in [7, 11) is 0. The lowest BCUT2D eigenvalue weighted by Crippen LogP contribution is -2.16. The van der Waals surface area contributed by atoms with Gasteiger partial charge in [-0.3, -0.25) is 9.89 Å². The number of para-hydroxylation sites is 1. The quantitative estimate of drug-likeness (QED) is 0.690. The average molecular weight is 313 g/mol. The molecule has 1 aromatic heterocycles. The van der Waals surface area contributed by atoms with Gasteiger partial charge in [0.2, 0.25) is 5.91 Å². The molecule has 2 aromatic carbocycles. The molecule has 1 heterocycles. The van der Waals surface area contributed by atoms with Gasteiger partial charge in [-0.2, -0.15) is 5.10 Å². The van der Waals surface area contributed by atoms with Crippen LogP contribution in [0, 0.1) is 5.82 Å². The zero-order valence-corrected chi connectivity index (χ0v) is 11.8. The van der Waals surface area contributed by atoms with E-state index in [9.17, 15) is 14.0 Å². The first-order valence-corrected chi connectivity index (χ1v) is 6.79. The van der Waals surface area contributed by atoms with E-state index < -0.39 is 17.7 Å². The van der Waals surface area contributed by atoms with Gasteiger partial charge in [-0.25, -0.2) is 9.18 Å². The first kappa shape index (κ1) is 14.7. The standard InChI is InChI=1S/C16H12FN3O3/c17-11-6-5-9(16(22)23)7-14(11)18-15(21)8-13-10-3-1-2-4-12(10)19-20-13/h1-7H,8H2,(H,18,21)(H,19,20)(H,22,23). The number of H-pyrrole nitrogens is 1. The Bertz CT molecular complexity index is 904. The van der Waals surface area contributed by atoms with Crippen LogP contribution in [0.1, 0.15) is 16.1 Å². The highest BCUT2D eigenvalue weighted by molar-refractivity contribution is 5.96. The first-order valence-electron chi connectivity index (χ1n) is 6.79. The predicted molar refractivity (Wildman–Crippen MR) is 81.8 cm³/mol. The van der Waals surface area contributed by atoms with Crippen molar-refractivity contribution in [1.82, 2.24) is 10.2 Å². The molecule has 116 valence electrons. The summed E-state index contributed by atoms with van der Waals surface area (Å²) < 4.78 is 13.7. The molecule has 0 unspecified atom stereocenters. The Morgan fingerprint density at radius 1 is 1.22 bits per heavy atom. The monoisotopic (exact) mass is 313 g/mol. The molecule has 0 atom stereocenters. The number of halogens is 1. The number of aromatic carboxylic acids is 1. The van der Waals surface area contributed by atoms with Gasteiger partial charge >= 0.3 is 5.97 Å². The fourth-order valence-electron chi connectivity index (χ4n) is 2.26. The number of rotatable bonds is 4. The Hall–Kier alpha value is -3.22. The Morgan fingerprint density at radius 2 is 2.00 bits per heavy atom. The summed E-state index contributed by atoms with van der Waals surface area (Å²) in [5.41, 5.74) is 1.06. The van der Waals surface area contributed by atoms with Crippen molar-refractivity contribution in [3.63, 3.8) is 0 Å². The summed E-state index contributed by atoms with van der Waals surface area (Å²) >= 11 is 0. The second kappa shape index (κ2) is 5.88. The smallest absolute Gasteiger partial charge is 0.335 e. The molecular weight excluding hydrogens is 301 g/mol. The molecule has 0 radical (unpaired) electrons. The summed E-state index contributed by atoms with van der Waals surface area (Å²) in [5, 5.41) is 19.0. The van der Waals surface area contributed by atoms with Crippen LogP contribution in [0.3, 0.4) is 0 Å². The van der Waals surface area contributed by atoms with Crippen molar-refractivity contribution in [3.8, 4) is 0 Å². The van der Waals surface area contributed by atoms with Crippen molar-refractivity contribution in [2.24, 2.45) is 0 Å². The van der Waals surface area contributed by atoms with Gasteiger partial charge in [0.1, 0.15) is 5.82 Å². The van der Waals surface area contributed by atoms with Gasteiger partial charge in [-0.1, -0.05) is 18.2 Å². The predicted octanol–water partition coefficient (Wildman–Crippen LogP) is 2.58.